The van der Waals surface area contributed by atoms with Crippen molar-refractivity contribution in [2.75, 3.05) is 9.80 Å². The van der Waals surface area contributed by atoms with Gasteiger partial charge < -0.3 is 9.80 Å². The molecule has 0 amide bonds. The summed E-state index contributed by atoms with van der Waals surface area (Å²) in [5, 5.41) is 10.9. The van der Waals surface area contributed by atoms with Gasteiger partial charge >= 0.3 is 0 Å². The Hall–Kier alpha value is -8.54. The molecule has 0 fully saturated rings. The van der Waals surface area contributed by atoms with E-state index in [-0.39, 0.29) is 17.5 Å². The first-order chi connectivity index (χ1) is 35.4. The second kappa shape index (κ2) is 16.0. The molecule has 2 aliphatic heterocycles. The number of benzene rings is 11. The Kier molecular flexibility index (Phi) is 9.47. The van der Waals surface area contributed by atoms with Crippen molar-refractivity contribution in [3.05, 3.63) is 223 Å². The van der Waals surface area contributed by atoms with Crippen LogP contribution in [0.4, 0.5) is 34.1 Å². The van der Waals surface area contributed by atoms with E-state index in [2.05, 4.69) is 264 Å². The third kappa shape index (κ3) is 6.90. The van der Waals surface area contributed by atoms with E-state index in [4.69, 9.17) is 9.97 Å². The van der Waals surface area contributed by atoms with Crippen LogP contribution in [0.5, 0.6) is 0 Å². The van der Waals surface area contributed by atoms with Gasteiger partial charge in [-0.05, 0) is 136 Å². The molecule has 0 spiro atoms. The molecule has 0 saturated heterocycles. The molecule has 1 aromatic heterocycles. The molecule has 2 aliphatic rings. The molecule has 11 aromatic carbocycles. The van der Waals surface area contributed by atoms with Crippen LogP contribution >= 0.6 is 0 Å². The minimum Gasteiger partial charge on any atom is -0.311 e. The van der Waals surface area contributed by atoms with Crippen LogP contribution in [0.25, 0.3) is 76.6 Å². The fraction of sp³-hybridized carbons (Fsp3) is 0.118. The highest BCUT2D eigenvalue weighted by molar-refractivity contribution is 7.00. The minimum absolute atomic E-state index is 0.0109. The number of para-hydroxylation sites is 1. The number of nitrogens with zero attached hydrogens (tertiary/aromatic N) is 4. The van der Waals surface area contributed by atoms with E-state index < -0.39 is 0 Å². The summed E-state index contributed by atoms with van der Waals surface area (Å²) < 4.78 is 0. The van der Waals surface area contributed by atoms with Crippen LogP contribution in [-0.4, -0.2) is 16.7 Å². The van der Waals surface area contributed by atoms with Gasteiger partial charge in [-0.25, -0.2) is 9.97 Å². The number of hydrogen-bond donors (Lipinski definition) is 0. The normalized spacial score (nSPS) is 13.3. The van der Waals surface area contributed by atoms with Crippen molar-refractivity contribution in [2.45, 2.75) is 52.4 Å². The molecule has 73 heavy (non-hydrogen) atoms. The highest BCUT2D eigenvalue weighted by Crippen LogP contribution is 2.49. The van der Waals surface area contributed by atoms with Crippen LogP contribution < -0.4 is 26.2 Å². The molecule has 0 aliphatic carbocycles. The lowest BCUT2D eigenvalue weighted by Gasteiger charge is -2.45. The third-order valence-electron chi connectivity index (χ3n) is 15.7. The van der Waals surface area contributed by atoms with Gasteiger partial charge in [0, 0.05) is 50.6 Å². The largest absolute Gasteiger partial charge is 0.311 e. The predicted molar refractivity (Wildman–Crippen MR) is 312 cm³/mol. The van der Waals surface area contributed by atoms with Gasteiger partial charge in [-0.1, -0.05) is 199 Å². The first kappa shape index (κ1) is 43.3. The van der Waals surface area contributed by atoms with Gasteiger partial charge in [-0.3, -0.25) is 0 Å². The number of aromatic nitrogens is 2. The fourth-order valence-corrected chi connectivity index (χ4v) is 11.9. The average Bonchev–Trinajstić information content (AvgIpc) is 3.42. The van der Waals surface area contributed by atoms with E-state index >= 15 is 0 Å². The number of anilines is 6. The van der Waals surface area contributed by atoms with E-state index in [1.807, 2.05) is 0 Å². The molecule has 14 rings (SSSR count). The van der Waals surface area contributed by atoms with Crippen LogP contribution in [-0.2, 0) is 10.8 Å². The van der Waals surface area contributed by atoms with Gasteiger partial charge in [-0.2, -0.15) is 0 Å². The Bertz CT molecular complexity index is 4010. The van der Waals surface area contributed by atoms with Crippen LogP contribution in [0.2, 0.25) is 0 Å². The summed E-state index contributed by atoms with van der Waals surface area (Å²) in [6.45, 7) is 13.7. The quantitative estimate of drug-likeness (QED) is 0.130. The Morgan fingerprint density at radius 2 is 0.808 bits per heavy atom. The zero-order valence-electron chi connectivity index (χ0n) is 42.1. The molecule has 0 unspecified atom stereocenters. The highest BCUT2D eigenvalue weighted by Gasteiger charge is 2.44. The van der Waals surface area contributed by atoms with Crippen molar-refractivity contribution in [2.24, 2.45) is 0 Å². The SMILES string of the molecule is CC(C)(C)c1ccc(N2c3cc4c(ccc5ccccc54)cc3B3c4cc5ccc6ccccc6c5cc4N(c4ccc(C(C)(C)C)cc4)c4cc(-c5nc(-c6ccccc6)nc6ccccc56)cc2c43)cc1. The van der Waals surface area contributed by atoms with Crippen LogP contribution in [0.1, 0.15) is 52.7 Å². The standard InChI is InChI=1S/C68H53BN4/c1-67(2,3)48-28-32-50(33-29-48)72-60-40-55-45(26-24-42-16-10-12-20-52(42)55)36-57(60)69-58-37-46-27-25-43-17-11-13-21-53(43)56(46)41-61(58)73(51-34-30-49(31-35-51)68(4,5)6)63-39-47(38-62(72)64(63)69)65-54-22-14-15-23-59(54)70-66(71-65)44-18-8-7-9-19-44/h7-41H,1-6H3. The smallest absolute Gasteiger partial charge is 0.252 e. The molecule has 3 heterocycles. The maximum absolute atomic E-state index is 5.57. The molecule has 0 bridgehead atoms. The summed E-state index contributed by atoms with van der Waals surface area (Å²) >= 11 is 0. The van der Waals surface area contributed by atoms with Gasteiger partial charge in [0.25, 0.3) is 6.71 Å². The molecule has 0 radical (unpaired) electrons. The molecule has 348 valence electrons. The van der Waals surface area contributed by atoms with E-state index in [0.29, 0.717) is 5.82 Å². The molecule has 5 heteroatoms. The van der Waals surface area contributed by atoms with Gasteiger partial charge in [0.1, 0.15) is 0 Å². The molecular formula is C68H53BN4. The monoisotopic (exact) mass is 936 g/mol. The van der Waals surface area contributed by atoms with Crippen molar-refractivity contribution in [3.8, 4) is 22.6 Å². The molecule has 12 aromatic rings. The Balaban J connectivity index is 1.15. The van der Waals surface area contributed by atoms with E-state index in [1.54, 1.807) is 0 Å². The highest BCUT2D eigenvalue weighted by atomic mass is 15.2. The van der Waals surface area contributed by atoms with Crippen LogP contribution in [0.3, 0.4) is 0 Å². The lowest BCUT2D eigenvalue weighted by molar-refractivity contribution is 0.590. The summed E-state index contributed by atoms with van der Waals surface area (Å²) in [7, 11) is 0. The molecule has 0 N–H and O–H groups in total. The molecule has 0 saturated carbocycles. The van der Waals surface area contributed by atoms with E-state index in [9.17, 15) is 0 Å². The maximum atomic E-state index is 5.57. The second-order valence-electron chi connectivity index (χ2n) is 22.2. The lowest BCUT2D eigenvalue weighted by atomic mass is 9.33. The predicted octanol–water partition coefficient (Wildman–Crippen LogP) is 16.3. The van der Waals surface area contributed by atoms with Gasteiger partial charge in [0.05, 0.1) is 11.2 Å². The van der Waals surface area contributed by atoms with E-state index in [1.165, 1.54) is 82.0 Å². The van der Waals surface area contributed by atoms with Gasteiger partial charge in [0.2, 0.25) is 0 Å². The van der Waals surface area contributed by atoms with E-state index in [0.717, 1.165) is 50.5 Å². The van der Waals surface area contributed by atoms with Crippen molar-refractivity contribution in [1.82, 2.24) is 9.97 Å². The molecular weight excluding hydrogens is 884 g/mol. The molecule has 0 atom stereocenters. The van der Waals surface area contributed by atoms with Gasteiger partial charge in [0.15, 0.2) is 5.82 Å². The number of fused-ring (bicyclic) bond motifs is 11. The maximum Gasteiger partial charge on any atom is 0.252 e. The first-order valence-corrected chi connectivity index (χ1v) is 25.7. The van der Waals surface area contributed by atoms with Crippen molar-refractivity contribution >= 4 is 111 Å². The Labute approximate surface area is 427 Å². The first-order valence-electron chi connectivity index (χ1n) is 25.7. The van der Waals surface area contributed by atoms with Crippen molar-refractivity contribution < 1.29 is 0 Å². The Morgan fingerprint density at radius 3 is 1.32 bits per heavy atom. The van der Waals surface area contributed by atoms with Crippen molar-refractivity contribution in [1.29, 1.82) is 0 Å². The third-order valence-corrected chi connectivity index (χ3v) is 15.7. The summed E-state index contributed by atoms with van der Waals surface area (Å²) in [5.41, 5.74) is 17.1. The number of hydrogen-bond acceptors (Lipinski definition) is 4. The number of rotatable bonds is 4. The minimum atomic E-state index is -0.104. The summed E-state index contributed by atoms with van der Waals surface area (Å²) in [6, 6.07) is 79.2. The molecule has 4 nitrogen and oxygen atoms in total. The van der Waals surface area contributed by atoms with Crippen LogP contribution in [0, 0.1) is 0 Å². The topological polar surface area (TPSA) is 32.3 Å². The second-order valence-corrected chi connectivity index (χ2v) is 22.2. The van der Waals surface area contributed by atoms with Crippen molar-refractivity contribution in [3.63, 3.8) is 0 Å². The summed E-state index contributed by atoms with van der Waals surface area (Å²) in [6.07, 6.45) is 0. The Morgan fingerprint density at radius 1 is 0.356 bits per heavy atom. The zero-order valence-corrected chi connectivity index (χ0v) is 42.1. The average molecular weight is 937 g/mol. The van der Waals surface area contributed by atoms with Crippen LogP contribution in [0.15, 0.2) is 212 Å². The van der Waals surface area contributed by atoms with Gasteiger partial charge in [-0.15, -0.1) is 0 Å². The fourth-order valence-electron chi connectivity index (χ4n) is 11.9. The summed E-state index contributed by atoms with van der Waals surface area (Å²) in [5.74, 6) is 0.704. The zero-order chi connectivity index (χ0) is 49.3. The lowest BCUT2D eigenvalue weighted by Crippen LogP contribution is -2.61. The summed E-state index contributed by atoms with van der Waals surface area (Å²) in [4.78, 5) is 15.9.